The Labute approximate surface area is 274 Å². The van der Waals surface area contributed by atoms with E-state index < -0.39 is 39.9 Å². The number of carbonyl (C=O) groups excluding carboxylic acids is 3. The predicted octanol–water partition coefficient (Wildman–Crippen LogP) is 6.38. The maximum absolute atomic E-state index is 14.1. The number of anilines is 1. The molecule has 10 nitrogen and oxygen atoms in total. The van der Waals surface area contributed by atoms with Crippen molar-refractivity contribution < 1.29 is 41.4 Å². The van der Waals surface area contributed by atoms with Crippen molar-refractivity contribution in [1.29, 1.82) is 0 Å². The van der Waals surface area contributed by atoms with Crippen molar-refractivity contribution in [2.45, 2.75) is 76.7 Å². The molecule has 0 spiro atoms. The largest absolute Gasteiger partial charge is 0.463 e. The molecular formula is C33H40ClFN2O8S. The summed E-state index contributed by atoms with van der Waals surface area (Å²) in [6.45, 7) is 3.36. The van der Waals surface area contributed by atoms with Crippen molar-refractivity contribution in [3.63, 3.8) is 0 Å². The van der Waals surface area contributed by atoms with Gasteiger partial charge in [-0.3, -0.25) is 4.79 Å². The zero-order valence-electron chi connectivity index (χ0n) is 26.0. The van der Waals surface area contributed by atoms with Gasteiger partial charge in [-0.05, 0) is 75.1 Å². The molecule has 3 unspecified atom stereocenters. The smallest absolute Gasteiger partial charge is 0.411 e. The van der Waals surface area contributed by atoms with Crippen molar-refractivity contribution in [1.82, 2.24) is 4.90 Å². The van der Waals surface area contributed by atoms with E-state index in [1.807, 2.05) is 37.3 Å². The highest BCUT2D eigenvalue weighted by Crippen LogP contribution is 2.35. The summed E-state index contributed by atoms with van der Waals surface area (Å²) in [5.41, 5.74) is 0.803. The van der Waals surface area contributed by atoms with Gasteiger partial charge in [0.2, 0.25) is 10.0 Å². The number of allylic oxidation sites excluding steroid dienone is 1. The fraction of sp³-hybridized carbons (Fsp3) is 0.485. The van der Waals surface area contributed by atoms with E-state index in [1.165, 1.54) is 11.0 Å². The fourth-order valence-electron chi connectivity index (χ4n) is 5.88. The average Bonchev–Trinajstić information content (AvgIpc) is 3.05. The molecule has 0 aromatic heterocycles. The SMILES string of the molecule is CCOC(=O)C1=CCCCC1S(=O)(=O)N(COC(=O)N1CCC(CC(=O)OCc2ccccc2)CC1CC)c1ccc(F)cc1Cl. The Hall–Kier alpha value is -3.64. The molecule has 2 aliphatic rings. The molecule has 1 heterocycles. The molecule has 0 radical (unpaired) electrons. The van der Waals surface area contributed by atoms with E-state index in [-0.39, 0.29) is 60.3 Å². The number of sulfonamides is 1. The number of piperidine rings is 1. The number of rotatable bonds is 12. The molecule has 1 aliphatic heterocycles. The molecule has 2 aromatic rings. The molecule has 1 saturated heterocycles. The lowest BCUT2D eigenvalue weighted by atomic mass is 9.87. The van der Waals surface area contributed by atoms with Gasteiger partial charge in [0, 0.05) is 19.0 Å². The first-order valence-electron chi connectivity index (χ1n) is 15.5. The van der Waals surface area contributed by atoms with Crippen molar-refractivity contribution in [2.24, 2.45) is 5.92 Å². The van der Waals surface area contributed by atoms with Crippen LogP contribution in [-0.4, -0.2) is 62.5 Å². The van der Waals surface area contributed by atoms with E-state index in [4.69, 9.17) is 25.8 Å². The third-order valence-corrected chi connectivity index (χ3v) is 10.7. The number of ether oxygens (including phenoxy) is 3. The first kappa shape index (κ1) is 35.2. The second-order valence-corrected chi connectivity index (χ2v) is 13.8. The van der Waals surface area contributed by atoms with Crippen molar-refractivity contribution in [2.75, 3.05) is 24.2 Å². The number of esters is 2. The summed E-state index contributed by atoms with van der Waals surface area (Å²) in [5, 5.41) is -1.48. The number of carbonyl (C=O) groups is 3. The summed E-state index contributed by atoms with van der Waals surface area (Å²) in [6, 6.07) is 12.4. The van der Waals surface area contributed by atoms with Gasteiger partial charge in [0.05, 0.1) is 22.9 Å². The third kappa shape index (κ3) is 8.79. The quantitative estimate of drug-likeness (QED) is 0.144. The minimum absolute atomic E-state index is 0.00178. The lowest BCUT2D eigenvalue weighted by Gasteiger charge is -2.38. The zero-order chi connectivity index (χ0) is 33.3. The zero-order valence-corrected chi connectivity index (χ0v) is 27.6. The number of likely N-dealkylation sites (tertiary alicyclic amines) is 1. The van der Waals surface area contributed by atoms with E-state index in [0.717, 1.165) is 22.0 Å². The summed E-state index contributed by atoms with van der Waals surface area (Å²) >= 11 is 6.30. The first-order valence-corrected chi connectivity index (χ1v) is 17.4. The maximum Gasteiger partial charge on any atom is 0.411 e. The number of amides is 1. The van der Waals surface area contributed by atoms with Crippen LogP contribution in [0.4, 0.5) is 14.9 Å². The second-order valence-electron chi connectivity index (χ2n) is 11.3. The number of nitrogens with zero attached hydrogens (tertiary/aromatic N) is 2. The van der Waals surface area contributed by atoms with Gasteiger partial charge < -0.3 is 19.1 Å². The van der Waals surface area contributed by atoms with Gasteiger partial charge in [-0.1, -0.05) is 54.9 Å². The molecule has 46 heavy (non-hydrogen) atoms. The summed E-state index contributed by atoms with van der Waals surface area (Å²) in [5.74, 6) is -1.72. The molecule has 2 aromatic carbocycles. The monoisotopic (exact) mass is 678 g/mol. The Morgan fingerprint density at radius 1 is 1.04 bits per heavy atom. The molecule has 0 saturated carbocycles. The van der Waals surface area contributed by atoms with E-state index in [0.29, 0.717) is 38.6 Å². The van der Waals surface area contributed by atoms with E-state index in [2.05, 4.69) is 0 Å². The van der Waals surface area contributed by atoms with Crippen molar-refractivity contribution >= 4 is 45.3 Å². The van der Waals surface area contributed by atoms with Crippen LogP contribution in [0.1, 0.15) is 64.4 Å². The second kappa shape index (κ2) is 16.3. The van der Waals surface area contributed by atoms with E-state index in [9.17, 15) is 27.2 Å². The first-order chi connectivity index (χ1) is 22.0. The van der Waals surface area contributed by atoms with Crippen LogP contribution in [0.3, 0.4) is 0 Å². The molecule has 1 aliphatic carbocycles. The van der Waals surface area contributed by atoms with Gasteiger partial charge in [0.15, 0.2) is 6.73 Å². The van der Waals surface area contributed by atoms with Crippen molar-refractivity contribution in [3.05, 3.63) is 76.6 Å². The van der Waals surface area contributed by atoms with Crippen LogP contribution in [0.25, 0.3) is 0 Å². The molecule has 13 heteroatoms. The summed E-state index contributed by atoms with van der Waals surface area (Å²) in [6.07, 6.45) is 3.85. The predicted molar refractivity (Wildman–Crippen MR) is 171 cm³/mol. The van der Waals surface area contributed by atoms with Crippen LogP contribution < -0.4 is 4.31 Å². The highest BCUT2D eigenvalue weighted by molar-refractivity contribution is 7.93. The summed E-state index contributed by atoms with van der Waals surface area (Å²) in [7, 11) is -4.41. The third-order valence-electron chi connectivity index (χ3n) is 8.27. The molecule has 250 valence electrons. The number of hydrogen-bond acceptors (Lipinski definition) is 8. The number of halogens is 2. The number of hydrogen-bond donors (Lipinski definition) is 0. The molecular weight excluding hydrogens is 639 g/mol. The van der Waals surface area contributed by atoms with Gasteiger partial charge in [-0.15, -0.1) is 0 Å². The van der Waals surface area contributed by atoms with Crippen LogP contribution >= 0.6 is 11.6 Å². The molecule has 0 N–H and O–H groups in total. The maximum atomic E-state index is 14.1. The Morgan fingerprint density at radius 2 is 1.80 bits per heavy atom. The van der Waals surface area contributed by atoms with Crippen molar-refractivity contribution in [3.8, 4) is 0 Å². The van der Waals surface area contributed by atoms with E-state index >= 15 is 0 Å². The lowest BCUT2D eigenvalue weighted by molar-refractivity contribution is -0.146. The summed E-state index contributed by atoms with van der Waals surface area (Å²) in [4.78, 5) is 40.2. The molecule has 4 rings (SSSR count). The standard InChI is InChI=1S/C33H40ClFN2O8S/c1-3-26-18-24(19-31(38)44-21-23-10-6-5-7-11-23)16-17-36(26)33(40)45-22-37(29-15-14-25(35)20-28(29)34)46(41,42)30-13-9-8-12-27(30)32(39)43-4-2/h5-7,10-12,14-15,20,24,26,30H,3-4,8-9,13,16-19,21-22H2,1-2H3. The van der Waals surface area contributed by atoms with Gasteiger partial charge in [-0.2, -0.15) is 0 Å². The van der Waals surface area contributed by atoms with Gasteiger partial charge in [0.25, 0.3) is 0 Å². The Bertz CT molecular complexity index is 1520. The Balaban J connectivity index is 1.45. The minimum Gasteiger partial charge on any atom is -0.463 e. The summed E-state index contributed by atoms with van der Waals surface area (Å²) < 4.78 is 59.1. The molecule has 1 fully saturated rings. The fourth-order valence-corrected chi connectivity index (χ4v) is 8.12. The van der Waals surface area contributed by atoms with Gasteiger partial charge in [0.1, 0.15) is 17.7 Å². The Morgan fingerprint density at radius 3 is 2.50 bits per heavy atom. The molecule has 0 bridgehead atoms. The number of benzene rings is 2. The molecule has 3 atom stereocenters. The topological polar surface area (TPSA) is 120 Å². The van der Waals surface area contributed by atoms with Crippen LogP contribution in [-0.2, 0) is 40.4 Å². The van der Waals surface area contributed by atoms with E-state index in [1.54, 1.807) is 13.0 Å². The van der Waals surface area contributed by atoms with Crippen LogP contribution in [0.5, 0.6) is 0 Å². The van der Waals surface area contributed by atoms with Gasteiger partial charge >= 0.3 is 18.0 Å². The van der Waals surface area contributed by atoms with Crippen LogP contribution in [0, 0.1) is 11.7 Å². The highest BCUT2D eigenvalue weighted by Gasteiger charge is 2.41. The van der Waals surface area contributed by atoms with Gasteiger partial charge in [-0.25, -0.2) is 26.7 Å². The van der Waals surface area contributed by atoms with Crippen LogP contribution in [0.15, 0.2) is 60.2 Å². The van der Waals surface area contributed by atoms with Crippen LogP contribution in [0.2, 0.25) is 5.02 Å². The average molecular weight is 679 g/mol. The Kier molecular flexibility index (Phi) is 12.5. The minimum atomic E-state index is -4.41. The highest BCUT2D eigenvalue weighted by atomic mass is 35.5. The molecule has 1 amide bonds. The normalized spacial score (nSPS) is 20.0. The lowest BCUT2D eigenvalue weighted by Crippen LogP contribution is -2.48.